The number of pyridine rings is 1. The molecule has 0 fully saturated rings. The SMILES string of the molecule is CCNc1ccnc(C(=O)NC(C)CCc2ccco2)c1. The van der Waals surface area contributed by atoms with E-state index in [1.54, 1.807) is 18.5 Å². The molecule has 2 aromatic rings. The second-order valence-electron chi connectivity index (χ2n) is 4.95. The summed E-state index contributed by atoms with van der Waals surface area (Å²) in [5, 5.41) is 6.12. The number of carbonyl (C=O) groups excluding carboxylic acids is 1. The summed E-state index contributed by atoms with van der Waals surface area (Å²) in [6, 6.07) is 7.48. The van der Waals surface area contributed by atoms with Crippen molar-refractivity contribution in [1.82, 2.24) is 10.3 Å². The Morgan fingerprint density at radius 1 is 1.43 bits per heavy atom. The van der Waals surface area contributed by atoms with Crippen LogP contribution in [0.1, 0.15) is 36.5 Å². The number of carbonyl (C=O) groups is 1. The number of nitrogens with zero attached hydrogens (tertiary/aromatic N) is 1. The van der Waals surface area contributed by atoms with Gasteiger partial charge in [-0.1, -0.05) is 0 Å². The third kappa shape index (κ3) is 4.63. The Kier molecular flexibility index (Phi) is 5.37. The van der Waals surface area contributed by atoms with Crippen LogP contribution in [0.25, 0.3) is 0 Å². The molecule has 0 aliphatic heterocycles. The van der Waals surface area contributed by atoms with E-state index in [0.717, 1.165) is 30.8 Å². The van der Waals surface area contributed by atoms with Crippen LogP contribution >= 0.6 is 0 Å². The van der Waals surface area contributed by atoms with Gasteiger partial charge in [0, 0.05) is 30.9 Å². The molecule has 21 heavy (non-hydrogen) atoms. The molecule has 0 saturated carbocycles. The van der Waals surface area contributed by atoms with Crippen LogP contribution in [-0.2, 0) is 6.42 Å². The predicted molar refractivity (Wildman–Crippen MR) is 82.4 cm³/mol. The van der Waals surface area contributed by atoms with Crippen molar-refractivity contribution < 1.29 is 9.21 Å². The van der Waals surface area contributed by atoms with E-state index in [2.05, 4.69) is 15.6 Å². The maximum Gasteiger partial charge on any atom is 0.270 e. The van der Waals surface area contributed by atoms with Crippen LogP contribution in [0.4, 0.5) is 5.69 Å². The molecule has 0 aliphatic carbocycles. The van der Waals surface area contributed by atoms with Crippen LogP contribution in [-0.4, -0.2) is 23.5 Å². The molecule has 0 radical (unpaired) electrons. The summed E-state index contributed by atoms with van der Waals surface area (Å²) < 4.78 is 5.28. The normalized spacial score (nSPS) is 11.9. The highest BCUT2D eigenvalue weighted by Gasteiger charge is 2.12. The zero-order valence-electron chi connectivity index (χ0n) is 12.4. The topological polar surface area (TPSA) is 67.2 Å². The van der Waals surface area contributed by atoms with Crippen molar-refractivity contribution in [3.8, 4) is 0 Å². The average molecular weight is 287 g/mol. The highest BCUT2D eigenvalue weighted by Crippen LogP contribution is 2.09. The van der Waals surface area contributed by atoms with Gasteiger partial charge in [0.1, 0.15) is 11.5 Å². The van der Waals surface area contributed by atoms with Crippen LogP contribution in [0.15, 0.2) is 41.1 Å². The van der Waals surface area contributed by atoms with Gasteiger partial charge in [0.25, 0.3) is 5.91 Å². The summed E-state index contributed by atoms with van der Waals surface area (Å²) in [4.78, 5) is 16.3. The Labute approximate surface area is 124 Å². The Hall–Kier alpha value is -2.30. The van der Waals surface area contributed by atoms with Crippen molar-refractivity contribution in [3.05, 3.63) is 48.2 Å². The fraction of sp³-hybridized carbons (Fsp3) is 0.375. The first-order chi connectivity index (χ1) is 10.2. The summed E-state index contributed by atoms with van der Waals surface area (Å²) in [6.07, 6.45) is 4.93. The van der Waals surface area contributed by atoms with E-state index in [1.165, 1.54) is 0 Å². The first-order valence-electron chi connectivity index (χ1n) is 7.22. The first kappa shape index (κ1) is 15.1. The van der Waals surface area contributed by atoms with Crippen molar-refractivity contribution >= 4 is 11.6 Å². The zero-order valence-corrected chi connectivity index (χ0v) is 12.4. The molecule has 112 valence electrons. The molecule has 5 heteroatoms. The molecule has 1 unspecified atom stereocenters. The van der Waals surface area contributed by atoms with E-state index in [4.69, 9.17) is 4.42 Å². The maximum atomic E-state index is 12.1. The number of furan rings is 1. The first-order valence-corrected chi connectivity index (χ1v) is 7.22. The van der Waals surface area contributed by atoms with Gasteiger partial charge in [-0.05, 0) is 44.5 Å². The number of aryl methyl sites for hydroxylation is 1. The minimum Gasteiger partial charge on any atom is -0.469 e. The monoisotopic (exact) mass is 287 g/mol. The number of rotatable bonds is 7. The molecule has 0 aromatic carbocycles. The van der Waals surface area contributed by atoms with Gasteiger partial charge in [-0.15, -0.1) is 0 Å². The maximum absolute atomic E-state index is 12.1. The standard InChI is InChI=1S/C16H21N3O2/c1-3-17-13-8-9-18-15(11-13)16(20)19-12(2)6-7-14-5-4-10-21-14/h4-5,8-12H,3,6-7H2,1-2H3,(H,17,18)(H,19,20). The average Bonchev–Trinajstić information content (AvgIpc) is 2.99. The molecule has 2 heterocycles. The van der Waals surface area contributed by atoms with Gasteiger partial charge in [0.15, 0.2) is 0 Å². The lowest BCUT2D eigenvalue weighted by atomic mass is 10.1. The lowest BCUT2D eigenvalue weighted by molar-refractivity contribution is 0.0933. The van der Waals surface area contributed by atoms with Crippen LogP contribution < -0.4 is 10.6 Å². The molecule has 0 saturated heterocycles. The largest absolute Gasteiger partial charge is 0.469 e. The smallest absolute Gasteiger partial charge is 0.270 e. The van der Waals surface area contributed by atoms with Crippen LogP contribution in [0.3, 0.4) is 0 Å². The molecule has 2 aromatic heterocycles. The second-order valence-corrected chi connectivity index (χ2v) is 4.95. The number of hydrogen-bond acceptors (Lipinski definition) is 4. The third-order valence-electron chi connectivity index (χ3n) is 3.15. The molecule has 0 spiro atoms. The van der Waals surface area contributed by atoms with Gasteiger partial charge in [0.2, 0.25) is 0 Å². The Balaban J connectivity index is 1.86. The molecule has 2 rings (SSSR count). The van der Waals surface area contributed by atoms with Gasteiger partial charge >= 0.3 is 0 Å². The predicted octanol–water partition coefficient (Wildman–Crippen LogP) is 2.86. The number of anilines is 1. The molecular formula is C16H21N3O2. The summed E-state index contributed by atoms with van der Waals surface area (Å²) in [7, 11) is 0. The molecule has 1 amide bonds. The molecule has 5 nitrogen and oxygen atoms in total. The quantitative estimate of drug-likeness (QED) is 0.821. The molecule has 0 bridgehead atoms. The Bertz CT molecular complexity index is 567. The summed E-state index contributed by atoms with van der Waals surface area (Å²) in [5.41, 5.74) is 1.33. The minimum absolute atomic E-state index is 0.0622. The molecule has 0 aliphatic rings. The Morgan fingerprint density at radius 3 is 3.00 bits per heavy atom. The summed E-state index contributed by atoms with van der Waals surface area (Å²) in [5.74, 6) is 0.782. The fourth-order valence-corrected chi connectivity index (χ4v) is 2.05. The van der Waals surface area contributed by atoms with Crippen LogP contribution in [0, 0.1) is 0 Å². The van der Waals surface area contributed by atoms with Crippen molar-refractivity contribution in [2.75, 3.05) is 11.9 Å². The third-order valence-corrected chi connectivity index (χ3v) is 3.15. The van der Waals surface area contributed by atoms with E-state index in [0.29, 0.717) is 5.69 Å². The van der Waals surface area contributed by atoms with Gasteiger partial charge in [-0.2, -0.15) is 0 Å². The van der Waals surface area contributed by atoms with Crippen molar-refractivity contribution in [3.63, 3.8) is 0 Å². The van der Waals surface area contributed by atoms with Gasteiger partial charge in [0.05, 0.1) is 6.26 Å². The number of hydrogen-bond donors (Lipinski definition) is 2. The fourth-order valence-electron chi connectivity index (χ4n) is 2.05. The van der Waals surface area contributed by atoms with Gasteiger partial charge < -0.3 is 15.1 Å². The second kappa shape index (κ2) is 7.47. The van der Waals surface area contributed by atoms with E-state index in [9.17, 15) is 4.79 Å². The van der Waals surface area contributed by atoms with E-state index < -0.39 is 0 Å². The van der Waals surface area contributed by atoms with Crippen LogP contribution in [0.2, 0.25) is 0 Å². The Morgan fingerprint density at radius 2 is 2.29 bits per heavy atom. The van der Waals surface area contributed by atoms with Gasteiger partial charge in [-0.25, -0.2) is 0 Å². The van der Waals surface area contributed by atoms with Crippen molar-refractivity contribution in [1.29, 1.82) is 0 Å². The van der Waals surface area contributed by atoms with Crippen LogP contribution in [0.5, 0.6) is 0 Å². The number of aromatic nitrogens is 1. The van der Waals surface area contributed by atoms with Gasteiger partial charge in [-0.3, -0.25) is 9.78 Å². The number of amides is 1. The highest BCUT2D eigenvalue weighted by atomic mass is 16.3. The van der Waals surface area contributed by atoms with Crippen molar-refractivity contribution in [2.45, 2.75) is 32.7 Å². The number of nitrogens with one attached hydrogen (secondary N) is 2. The van der Waals surface area contributed by atoms with E-state index in [1.807, 2.05) is 32.0 Å². The molecular weight excluding hydrogens is 266 g/mol. The van der Waals surface area contributed by atoms with E-state index in [-0.39, 0.29) is 11.9 Å². The molecule has 1 atom stereocenters. The lowest BCUT2D eigenvalue weighted by Crippen LogP contribution is -2.33. The molecule has 2 N–H and O–H groups in total. The summed E-state index contributed by atoms with van der Waals surface area (Å²) in [6.45, 7) is 4.80. The summed E-state index contributed by atoms with van der Waals surface area (Å²) >= 11 is 0. The highest BCUT2D eigenvalue weighted by molar-refractivity contribution is 5.93. The zero-order chi connectivity index (χ0) is 15.1. The minimum atomic E-state index is -0.151. The lowest BCUT2D eigenvalue weighted by Gasteiger charge is -2.13. The van der Waals surface area contributed by atoms with E-state index >= 15 is 0 Å². The van der Waals surface area contributed by atoms with Crippen molar-refractivity contribution in [2.24, 2.45) is 0 Å².